The molecule has 0 aliphatic carbocycles. The van der Waals surface area contributed by atoms with Crippen LogP contribution in [-0.4, -0.2) is 40.7 Å². The minimum absolute atomic E-state index is 0.432. The van der Waals surface area contributed by atoms with Crippen LogP contribution >= 0.6 is 0 Å². The molecule has 0 saturated carbocycles. The Balaban J connectivity index is 2.23. The van der Waals surface area contributed by atoms with Crippen molar-refractivity contribution in [1.82, 2.24) is 9.97 Å². The van der Waals surface area contributed by atoms with E-state index in [9.17, 15) is 9.90 Å². The molecule has 6 nitrogen and oxygen atoms in total. The maximum atomic E-state index is 11.4. The highest BCUT2D eigenvalue weighted by Gasteiger charge is 2.34. The first-order valence-corrected chi connectivity index (χ1v) is 6.52. The van der Waals surface area contributed by atoms with E-state index in [1.165, 1.54) is 7.11 Å². The summed E-state index contributed by atoms with van der Waals surface area (Å²) in [5.74, 6) is 0.528. The average molecular weight is 265 g/mol. The van der Waals surface area contributed by atoms with Crippen LogP contribution < -0.4 is 9.64 Å². The summed E-state index contributed by atoms with van der Waals surface area (Å²) in [6.07, 6.45) is 4.22. The Morgan fingerprint density at radius 1 is 1.63 bits per heavy atom. The highest BCUT2D eigenvalue weighted by molar-refractivity contribution is 5.77. The summed E-state index contributed by atoms with van der Waals surface area (Å²) in [6.45, 7) is 2.77. The van der Waals surface area contributed by atoms with Gasteiger partial charge >= 0.3 is 5.97 Å². The van der Waals surface area contributed by atoms with Crippen molar-refractivity contribution in [2.45, 2.75) is 32.2 Å². The van der Waals surface area contributed by atoms with E-state index in [1.807, 2.05) is 0 Å². The molecule has 2 atom stereocenters. The molecule has 6 heteroatoms. The maximum Gasteiger partial charge on any atom is 0.326 e. The number of aromatic nitrogens is 2. The van der Waals surface area contributed by atoms with E-state index in [2.05, 4.69) is 16.9 Å². The van der Waals surface area contributed by atoms with Crippen LogP contribution in [0, 0.1) is 5.92 Å². The fourth-order valence-corrected chi connectivity index (χ4v) is 2.47. The number of hydrogen-bond donors (Lipinski definition) is 1. The Bertz CT molecular complexity index is 453. The summed E-state index contributed by atoms with van der Waals surface area (Å²) >= 11 is 0. The second kappa shape index (κ2) is 5.86. The van der Waals surface area contributed by atoms with Crippen LogP contribution in [0.25, 0.3) is 0 Å². The smallest absolute Gasteiger partial charge is 0.326 e. The van der Waals surface area contributed by atoms with E-state index in [4.69, 9.17) is 4.74 Å². The molecule has 2 heterocycles. The molecular formula is C13H19N3O3. The van der Waals surface area contributed by atoms with Gasteiger partial charge in [-0.15, -0.1) is 0 Å². The Morgan fingerprint density at radius 3 is 3.05 bits per heavy atom. The number of ether oxygens (including phenoxy) is 1. The van der Waals surface area contributed by atoms with Gasteiger partial charge in [0, 0.05) is 18.8 Å². The largest absolute Gasteiger partial charge is 0.481 e. The van der Waals surface area contributed by atoms with Gasteiger partial charge in [0.2, 0.25) is 11.8 Å². The molecule has 1 aromatic heterocycles. The topological polar surface area (TPSA) is 75.5 Å². The predicted octanol–water partition coefficient (Wildman–Crippen LogP) is 1.56. The Morgan fingerprint density at radius 2 is 2.42 bits per heavy atom. The molecule has 1 fully saturated rings. The molecule has 1 aliphatic rings. The van der Waals surface area contributed by atoms with Crippen molar-refractivity contribution in [3.8, 4) is 5.88 Å². The third-order valence-electron chi connectivity index (χ3n) is 3.66. The number of anilines is 1. The van der Waals surface area contributed by atoms with Gasteiger partial charge in [0.1, 0.15) is 6.04 Å². The first kappa shape index (κ1) is 13.6. The second-order valence-electron chi connectivity index (χ2n) is 4.75. The molecule has 0 bridgehead atoms. The van der Waals surface area contributed by atoms with Crippen LogP contribution in [0.1, 0.15) is 26.2 Å². The van der Waals surface area contributed by atoms with E-state index in [1.54, 1.807) is 17.2 Å². The summed E-state index contributed by atoms with van der Waals surface area (Å²) < 4.78 is 5.06. The van der Waals surface area contributed by atoms with Gasteiger partial charge in [0.15, 0.2) is 0 Å². The predicted molar refractivity (Wildman–Crippen MR) is 70.4 cm³/mol. The van der Waals surface area contributed by atoms with Crippen molar-refractivity contribution < 1.29 is 14.6 Å². The van der Waals surface area contributed by atoms with Gasteiger partial charge in [-0.2, -0.15) is 4.98 Å². The molecule has 1 N–H and O–H groups in total. The molecule has 0 radical (unpaired) electrons. The number of piperidine rings is 1. The van der Waals surface area contributed by atoms with Crippen LogP contribution in [0.4, 0.5) is 5.95 Å². The van der Waals surface area contributed by atoms with Gasteiger partial charge in [-0.3, -0.25) is 0 Å². The molecule has 0 spiro atoms. The number of nitrogens with zero attached hydrogens (tertiary/aromatic N) is 3. The minimum atomic E-state index is -0.815. The lowest BCUT2D eigenvalue weighted by atomic mass is 9.89. The van der Waals surface area contributed by atoms with Crippen LogP contribution in [0.15, 0.2) is 12.3 Å². The molecule has 19 heavy (non-hydrogen) atoms. The number of carboxylic acid groups (broad SMARTS) is 1. The summed E-state index contributed by atoms with van der Waals surface area (Å²) in [4.78, 5) is 21.6. The Kier molecular flexibility index (Phi) is 4.19. The van der Waals surface area contributed by atoms with Gasteiger partial charge in [0.05, 0.1) is 7.11 Å². The van der Waals surface area contributed by atoms with Crippen LogP contribution in [0.5, 0.6) is 5.88 Å². The minimum Gasteiger partial charge on any atom is -0.481 e. The number of rotatable bonds is 4. The molecule has 2 rings (SSSR count). The van der Waals surface area contributed by atoms with Crippen molar-refractivity contribution >= 4 is 11.9 Å². The first-order chi connectivity index (χ1) is 9.15. The van der Waals surface area contributed by atoms with E-state index in [0.717, 1.165) is 12.8 Å². The molecule has 2 unspecified atom stereocenters. The normalized spacial score (nSPS) is 23.2. The monoisotopic (exact) mass is 265 g/mol. The van der Waals surface area contributed by atoms with Crippen molar-refractivity contribution in [3.63, 3.8) is 0 Å². The summed E-state index contributed by atoms with van der Waals surface area (Å²) in [6, 6.07) is 1.10. The highest BCUT2D eigenvalue weighted by Crippen LogP contribution is 2.28. The second-order valence-corrected chi connectivity index (χ2v) is 4.75. The SMILES string of the molecule is CCC1CCN(c2nccc(OC)n2)C(C(=O)O)C1. The van der Waals surface area contributed by atoms with E-state index >= 15 is 0 Å². The van der Waals surface area contributed by atoms with E-state index < -0.39 is 12.0 Å². The van der Waals surface area contributed by atoms with Crippen LogP contribution in [0.3, 0.4) is 0 Å². The number of carbonyl (C=O) groups is 1. The molecule has 1 aromatic rings. The number of methoxy groups -OCH3 is 1. The Hall–Kier alpha value is -1.85. The maximum absolute atomic E-state index is 11.4. The average Bonchev–Trinajstić information content (AvgIpc) is 2.46. The van der Waals surface area contributed by atoms with Crippen molar-refractivity contribution in [3.05, 3.63) is 12.3 Å². The molecule has 0 amide bonds. The first-order valence-electron chi connectivity index (χ1n) is 6.52. The van der Waals surface area contributed by atoms with Crippen LogP contribution in [-0.2, 0) is 4.79 Å². The van der Waals surface area contributed by atoms with Crippen molar-refractivity contribution in [2.75, 3.05) is 18.6 Å². The zero-order chi connectivity index (χ0) is 13.8. The van der Waals surface area contributed by atoms with Gasteiger partial charge in [-0.25, -0.2) is 9.78 Å². The standard InChI is InChI=1S/C13H19N3O3/c1-3-9-5-7-16(10(8-9)12(17)18)13-14-6-4-11(15-13)19-2/h4,6,9-10H,3,5,7-8H2,1-2H3,(H,17,18). The number of carboxylic acids is 1. The summed E-state index contributed by atoms with van der Waals surface area (Å²) in [7, 11) is 1.53. The van der Waals surface area contributed by atoms with E-state index in [0.29, 0.717) is 30.7 Å². The third kappa shape index (κ3) is 2.94. The fraction of sp³-hybridized carbons (Fsp3) is 0.615. The lowest BCUT2D eigenvalue weighted by molar-refractivity contribution is -0.139. The quantitative estimate of drug-likeness (QED) is 0.890. The lowest BCUT2D eigenvalue weighted by Crippen LogP contribution is -2.48. The fourth-order valence-electron chi connectivity index (χ4n) is 2.47. The zero-order valence-electron chi connectivity index (χ0n) is 11.2. The molecule has 1 saturated heterocycles. The lowest BCUT2D eigenvalue weighted by Gasteiger charge is -2.36. The van der Waals surface area contributed by atoms with E-state index in [-0.39, 0.29) is 0 Å². The molecule has 1 aliphatic heterocycles. The van der Waals surface area contributed by atoms with Gasteiger partial charge in [0.25, 0.3) is 0 Å². The molecule has 0 aromatic carbocycles. The zero-order valence-corrected chi connectivity index (χ0v) is 11.2. The van der Waals surface area contributed by atoms with Crippen LogP contribution in [0.2, 0.25) is 0 Å². The van der Waals surface area contributed by atoms with Crippen molar-refractivity contribution in [1.29, 1.82) is 0 Å². The number of aliphatic carboxylic acids is 1. The summed E-state index contributed by atoms with van der Waals surface area (Å²) in [5.41, 5.74) is 0. The van der Waals surface area contributed by atoms with Gasteiger partial charge < -0.3 is 14.7 Å². The summed E-state index contributed by atoms with van der Waals surface area (Å²) in [5, 5.41) is 9.38. The van der Waals surface area contributed by atoms with Gasteiger partial charge in [-0.1, -0.05) is 13.3 Å². The molecular weight excluding hydrogens is 246 g/mol. The third-order valence-corrected chi connectivity index (χ3v) is 3.66. The highest BCUT2D eigenvalue weighted by atomic mass is 16.5. The van der Waals surface area contributed by atoms with Crippen molar-refractivity contribution in [2.24, 2.45) is 5.92 Å². The van der Waals surface area contributed by atoms with Gasteiger partial charge in [-0.05, 0) is 18.8 Å². The molecule has 104 valence electrons. The Labute approximate surface area is 112 Å². The number of hydrogen-bond acceptors (Lipinski definition) is 5.